The van der Waals surface area contributed by atoms with Gasteiger partial charge in [-0.2, -0.15) is 0 Å². The average molecular weight is 847 g/mol. The Hall–Kier alpha value is -5.70. The number of fused-ring (bicyclic) bond motifs is 6. The summed E-state index contributed by atoms with van der Waals surface area (Å²) in [7, 11) is 1.52. The molecule has 4 aromatic rings. The summed E-state index contributed by atoms with van der Waals surface area (Å²) in [6, 6.07) is 10.3. The molecule has 0 radical (unpaired) electrons. The molecule has 15 nitrogen and oxygen atoms in total. The standard InChI is InChI=1S/C47H58N8O7/c1-62-22-18-35-44(59)54-21-10-17-39(54)45(60)55-38-16-7-2-11-28(38)25-40(55)43(58)51-37(24-30-27-49-34-15-6-4-13-32(30)34)42(57)53-47(19-8-9-20-47)46(61)52-36(41(56)50-35)23-29-26-48-33-14-5-3-12-31(29)33/h3-6,12-15,26-28,35-40,48-49H,2,7-11,16-25H2,1H3,(H,50,56)(H,51,58)(H,52,61)(H,53,57)/t28-,35+,36+,37+,38-,39-,40-/m1/s1. The summed E-state index contributed by atoms with van der Waals surface area (Å²) in [5.41, 5.74) is 2.00. The average Bonchev–Trinajstić information content (AvgIpc) is 4.14. The number of aromatic nitrogens is 2. The molecule has 6 amide bonds. The number of rotatable bonds is 7. The van der Waals surface area contributed by atoms with Crippen LogP contribution in [0.15, 0.2) is 60.9 Å². The Morgan fingerprint density at radius 2 is 1.29 bits per heavy atom. The topological polar surface area (TPSA) is 198 Å². The molecule has 3 saturated heterocycles. The summed E-state index contributed by atoms with van der Waals surface area (Å²) in [4.78, 5) is 98.8. The summed E-state index contributed by atoms with van der Waals surface area (Å²) in [6.07, 6.45) is 11.0. The van der Waals surface area contributed by atoms with Crippen molar-refractivity contribution in [2.45, 2.75) is 132 Å². The predicted molar refractivity (Wildman–Crippen MR) is 231 cm³/mol. The number of carbonyl (C=O) groups excluding carboxylic acids is 6. The van der Waals surface area contributed by atoms with Gasteiger partial charge in [-0.05, 0) is 80.5 Å². The van der Waals surface area contributed by atoms with Crippen molar-refractivity contribution in [1.29, 1.82) is 0 Å². The highest BCUT2D eigenvalue weighted by Crippen LogP contribution is 2.41. The molecular weight excluding hydrogens is 789 g/mol. The molecule has 9 rings (SSSR count). The predicted octanol–water partition coefficient (Wildman–Crippen LogP) is 3.52. The van der Waals surface area contributed by atoms with Crippen LogP contribution in [-0.2, 0) is 46.3 Å². The first-order valence-corrected chi connectivity index (χ1v) is 22.6. The number of ether oxygens (including phenoxy) is 1. The number of hydrogen-bond acceptors (Lipinski definition) is 7. The van der Waals surface area contributed by atoms with Gasteiger partial charge in [0.2, 0.25) is 35.4 Å². The minimum Gasteiger partial charge on any atom is -0.385 e. The van der Waals surface area contributed by atoms with Crippen LogP contribution in [0, 0.1) is 5.92 Å². The Morgan fingerprint density at radius 1 is 0.661 bits per heavy atom. The van der Waals surface area contributed by atoms with Crippen molar-refractivity contribution in [3.05, 3.63) is 72.1 Å². The van der Waals surface area contributed by atoms with Crippen molar-refractivity contribution in [1.82, 2.24) is 41.0 Å². The Bertz CT molecular complexity index is 2350. The first kappa shape index (κ1) is 41.6. The molecule has 328 valence electrons. The SMILES string of the molecule is COCC[C@@H]1NC(=O)[C@H](Cc2c[nH]c3ccccc23)NC(=O)C2(CCCC2)NC(=O)[C@H](Cc2c[nH]c3ccccc23)NC(=O)[C@H]2C[C@H]3CCCC[C@H]3N2C(=O)[C@H]2CCCN2C1=O. The molecule has 0 bridgehead atoms. The van der Waals surface area contributed by atoms with Crippen LogP contribution in [0.3, 0.4) is 0 Å². The Labute approximate surface area is 360 Å². The van der Waals surface area contributed by atoms with Crippen LogP contribution < -0.4 is 21.3 Å². The van der Waals surface area contributed by atoms with Gasteiger partial charge in [0.05, 0.1) is 0 Å². The first-order valence-electron chi connectivity index (χ1n) is 22.6. The maximum absolute atomic E-state index is 15.0. The van der Waals surface area contributed by atoms with Gasteiger partial charge in [0.25, 0.3) is 0 Å². The second-order valence-electron chi connectivity index (χ2n) is 18.1. The van der Waals surface area contributed by atoms with E-state index < -0.39 is 65.3 Å². The van der Waals surface area contributed by atoms with Crippen molar-refractivity contribution < 1.29 is 33.5 Å². The van der Waals surface area contributed by atoms with Crippen molar-refractivity contribution >= 4 is 57.2 Å². The number of hydrogen-bond donors (Lipinski definition) is 6. The monoisotopic (exact) mass is 846 g/mol. The van der Waals surface area contributed by atoms with Crippen molar-refractivity contribution in [2.75, 3.05) is 20.3 Å². The highest BCUT2D eigenvalue weighted by atomic mass is 16.5. The van der Waals surface area contributed by atoms with E-state index >= 15 is 4.79 Å². The molecule has 6 N–H and O–H groups in total. The number of carbonyl (C=O) groups is 6. The minimum atomic E-state index is -1.37. The number of methoxy groups -OCH3 is 1. The normalized spacial score (nSPS) is 28.6. The van der Waals surface area contributed by atoms with E-state index in [1.807, 2.05) is 60.9 Å². The lowest BCUT2D eigenvalue weighted by atomic mass is 9.84. The third-order valence-corrected chi connectivity index (χ3v) is 14.4. The molecule has 2 saturated carbocycles. The Morgan fingerprint density at radius 3 is 1.97 bits per heavy atom. The van der Waals surface area contributed by atoms with E-state index in [4.69, 9.17) is 4.74 Å². The van der Waals surface area contributed by atoms with Crippen LogP contribution in [0.2, 0.25) is 0 Å². The largest absolute Gasteiger partial charge is 0.385 e. The molecule has 3 aliphatic heterocycles. The van der Waals surface area contributed by atoms with Crippen LogP contribution in [-0.4, -0.2) is 117 Å². The van der Waals surface area contributed by atoms with Crippen LogP contribution in [0.4, 0.5) is 0 Å². The molecule has 5 heterocycles. The Kier molecular flexibility index (Phi) is 11.8. The lowest BCUT2D eigenvalue weighted by Crippen LogP contribution is -2.65. The lowest BCUT2D eigenvalue weighted by molar-refractivity contribution is -0.150. The molecule has 2 aliphatic carbocycles. The van der Waals surface area contributed by atoms with Gasteiger partial charge in [0.15, 0.2) is 0 Å². The zero-order valence-corrected chi connectivity index (χ0v) is 35.4. The number of aromatic amines is 2. The fourth-order valence-corrected chi connectivity index (χ4v) is 11.2. The van der Waals surface area contributed by atoms with Crippen LogP contribution in [0.1, 0.15) is 88.2 Å². The molecule has 5 fully saturated rings. The van der Waals surface area contributed by atoms with E-state index in [0.29, 0.717) is 51.5 Å². The molecule has 15 heteroatoms. The van der Waals surface area contributed by atoms with Crippen molar-refractivity contribution in [3.8, 4) is 0 Å². The zero-order valence-electron chi connectivity index (χ0n) is 35.4. The number of amides is 6. The van der Waals surface area contributed by atoms with E-state index in [0.717, 1.165) is 58.6 Å². The fourth-order valence-electron chi connectivity index (χ4n) is 11.2. The van der Waals surface area contributed by atoms with Gasteiger partial charge in [-0.3, -0.25) is 28.8 Å². The highest BCUT2D eigenvalue weighted by Gasteiger charge is 2.52. The summed E-state index contributed by atoms with van der Waals surface area (Å²) >= 11 is 0. The van der Waals surface area contributed by atoms with Gasteiger partial charge in [-0.25, -0.2) is 0 Å². The number of benzene rings is 2. The maximum atomic E-state index is 15.0. The summed E-state index contributed by atoms with van der Waals surface area (Å²) in [5, 5.41) is 14.0. The molecule has 7 atom stereocenters. The van der Waals surface area contributed by atoms with Crippen LogP contribution in [0.25, 0.3) is 21.8 Å². The lowest BCUT2D eigenvalue weighted by Gasteiger charge is -2.38. The third-order valence-electron chi connectivity index (χ3n) is 14.4. The second-order valence-corrected chi connectivity index (χ2v) is 18.1. The third kappa shape index (κ3) is 7.95. The molecule has 5 aliphatic rings. The number of nitrogens with zero attached hydrogens (tertiary/aromatic N) is 2. The minimum absolute atomic E-state index is 0.0970. The zero-order chi connectivity index (χ0) is 43.0. The van der Waals surface area contributed by atoms with Gasteiger partial charge >= 0.3 is 0 Å². The molecule has 62 heavy (non-hydrogen) atoms. The van der Waals surface area contributed by atoms with E-state index in [9.17, 15) is 24.0 Å². The van der Waals surface area contributed by atoms with Crippen molar-refractivity contribution in [3.63, 3.8) is 0 Å². The van der Waals surface area contributed by atoms with E-state index in [1.165, 1.54) is 7.11 Å². The van der Waals surface area contributed by atoms with Gasteiger partial charge in [-0.15, -0.1) is 0 Å². The fraction of sp³-hybridized carbons (Fsp3) is 0.532. The van der Waals surface area contributed by atoms with E-state index in [-0.39, 0.29) is 43.7 Å². The first-order chi connectivity index (χ1) is 30.1. The molecule has 2 aromatic heterocycles. The number of nitrogens with one attached hydrogen (secondary N) is 6. The smallest absolute Gasteiger partial charge is 0.246 e. The van der Waals surface area contributed by atoms with E-state index in [2.05, 4.69) is 31.2 Å². The van der Waals surface area contributed by atoms with Crippen LogP contribution in [0.5, 0.6) is 0 Å². The Balaban J connectivity index is 1.12. The van der Waals surface area contributed by atoms with Gasteiger partial charge in [-0.1, -0.05) is 62.1 Å². The van der Waals surface area contributed by atoms with Gasteiger partial charge in [0.1, 0.15) is 35.7 Å². The summed E-state index contributed by atoms with van der Waals surface area (Å²) in [6.45, 7) is 0.480. The number of para-hydroxylation sites is 2. The van der Waals surface area contributed by atoms with Crippen molar-refractivity contribution in [2.24, 2.45) is 5.92 Å². The van der Waals surface area contributed by atoms with E-state index in [1.54, 1.807) is 9.80 Å². The van der Waals surface area contributed by atoms with Gasteiger partial charge < -0.3 is 45.8 Å². The maximum Gasteiger partial charge on any atom is 0.246 e. The van der Waals surface area contributed by atoms with Gasteiger partial charge in [0, 0.05) is 73.3 Å². The second kappa shape index (κ2) is 17.6. The number of H-pyrrole nitrogens is 2. The highest BCUT2D eigenvalue weighted by molar-refractivity contribution is 6.00. The summed E-state index contributed by atoms with van der Waals surface area (Å²) in [5.74, 6) is -2.55. The molecule has 1 spiro atoms. The van der Waals surface area contributed by atoms with Crippen LogP contribution >= 0.6 is 0 Å². The quantitative estimate of drug-likeness (QED) is 0.164. The molecular formula is C47H58N8O7. The summed E-state index contributed by atoms with van der Waals surface area (Å²) < 4.78 is 5.41. The molecule has 0 unspecified atom stereocenters. The molecule has 2 aromatic carbocycles.